The second-order valence-electron chi connectivity index (χ2n) is 4.35. The minimum atomic E-state index is -0.361. The summed E-state index contributed by atoms with van der Waals surface area (Å²) in [7, 11) is 3.25. The Morgan fingerprint density at radius 2 is 2.26 bits per heavy atom. The quantitative estimate of drug-likeness (QED) is 0.847. The first-order valence-electron chi connectivity index (χ1n) is 6.02. The van der Waals surface area contributed by atoms with E-state index >= 15 is 0 Å². The van der Waals surface area contributed by atoms with Gasteiger partial charge in [0.05, 0.1) is 19.2 Å². The number of ether oxygens (including phenoxy) is 1. The van der Waals surface area contributed by atoms with Crippen molar-refractivity contribution < 1.29 is 9.53 Å². The Labute approximate surface area is 112 Å². The summed E-state index contributed by atoms with van der Waals surface area (Å²) < 4.78 is 6.43. The molecule has 5 nitrogen and oxygen atoms in total. The molecular formula is C14H17N3O2. The number of nitrogens with zero attached hydrogens (tertiary/aromatic N) is 2. The molecule has 2 N–H and O–H groups in total. The molecule has 100 valence electrons. The highest BCUT2D eigenvalue weighted by Gasteiger charge is 2.13. The van der Waals surface area contributed by atoms with Gasteiger partial charge in [0, 0.05) is 24.8 Å². The third-order valence-electron chi connectivity index (χ3n) is 3.05. The average molecular weight is 259 g/mol. The molecule has 1 heterocycles. The summed E-state index contributed by atoms with van der Waals surface area (Å²) >= 11 is 0. The summed E-state index contributed by atoms with van der Waals surface area (Å²) in [5.74, 6) is -0.307. The van der Waals surface area contributed by atoms with Gasteiger partial charge in [-0.2, -0.15) is 5.10 Å². The summed E-state index contributed by atoms with van der Waals surface area (Å²) in [6.45, 7) is 0. The zero-order valence-electron chi connectivity index (χ0n) is 11.0. The SMILES string of the molecule is COC(=O)C[C@H](N)c1cccc(-c2ccnn2C)c1. The maximum Gasteiger partial charge on any atom is 0.307 e. The summed E-state index contributed by atoms with van der Waals surface area (Å²) in [5, 5.41) is 4.14. The van der Waals surface area contributed by atoms with Crippen molar-refractivity contribution in [3.63, 3.8) is 0 Å². The molecule has 0 amide bonds. The fourth-order valence-electron chi connectivity index (χ4n) is 1.97. The average Bonchev–Trinajstić information content (AvgIpc) is 2.85. The van der Waals surface area contributed by atoms with Gasteiger partial charge >= 0.3 is 5.97 Å². The summed E-state index contributed by atoms with van der Waals surface area (Å²) in [6.07, 6.45) is 1.92. The van der Waals surface area contributed by atoms with Crippen molar-refractivity contribution >= 4 is 5.97 Å². The van der Waals surface area contributed by atoms with Gasteiger partial charge in [0.1, 0.15) is 0 Å². The third kappa shape index (κ3) is 3.00. The van der Waals surface area contributed by atoms with Crippen LogP contribution in [0.4, 0.5) is 0 Å². The fraction of sp³-hybridized carbons (Fsp3) is 0.286. The molecule has 0 spiro atoms. The monoisotopic (exact) mass is 259 g/mol. The molecule has 2 rings (SSSR count). The number of carbonyl (C=O) groups is 1. The molecule has 0 unspecified atom stereocenters. The van der Waals surface area contributed by atoms with Crippen molar-refractivity contribution in [3.05, 3.63) is 42.1 Å². The Balaban J connectivity index is 2.25. The Morgan fingerprint density at radius 1 is 1.47 bits per heavy atom. The third-order valence-corrected chi connectivity index (χ3v) is 3.05. The molecule has 0 saturated heterocycles. The first kappa shape index (κ1) is 13.3. The predicted octanol–water partition coefficient (Wildman–Crippen LogP) is 1.65. The first-order valence-corrected chi connectivity index (χ1v) is 6.02. The molecule has 0 saturated carbocycles. The Kier molecular flexibility index (Phi) is 3.97. The van der Waals surface area contributed by atoms with Gasteiger partial charge in [0.25, 0.3) is 0 Å². The van der Waals surface area contributed by atoms with Gasteiger partial charge in [-0.05, 0) is 17.7 Å². The van der Waals surface area contributed by atoms with Gasteiger partial charge < -0.3 is 10.5 Å². The highest BCUT2D eigenvalue weighted by molar-refractivity contribution is 5.70. The molecule has 5 heteroatoms. The van der Waals surface area contributed by atoms with Crippen LogP contribution in [0.1, 0.15) is 18.0 Å². The number of benzene rings is 1. The van der Waals surface area contributed by atoms with E-state index in [1.807, 2.05) is 37.4 Å². The van der Waals surface area contributed by atoms with E-state index in [9.17, 15) is 4.79 Å². The summed E-state index contributed by atoms with van der Waals surface area (Å²) in [4.78, 5) is 11.2. The van der Waals surface area contributed by atoms with E-state index < -0.39 is 0 Å². The number of hydrogen-bond donors (Lipinski definition) is 1. The van der Waals surface area contributed by atoms with Crippen LogP contribution in [0.5, 0.6) is 0 Å². The van der Waals surface area contributed by atoms with Crippen molar-refractivity contribution in [3.8, 4) is 11.3 Å². The van der Waals surface area contributed by atoms with Crippen LogP contribution in [0.25, 0.3) is 11.3 Å². The van der Waals surface area contributed by atoms with E-state index in [0.717, 1.165) is 16.8 Å². The fourth-order valence-corrected chi connectivity index (χ4v) is 1.97. The van der Waals surface area contributed by atoms with E-state index in [4.69, 9.17) is 5.73 Å². The molecule has 2 aromatic rings. The molecule has 0 aliphatic heterocycles. The van der Waals surface area contributed by atoms with Crippen LogP contribution < -0.4 is 5.73 Å². The topological polar surface area (TPSA) is 70.1 Å². The van der Waals surface area contributed by atoms with Crippen LogP contribution in [0.15, 0.2) is 36.5 Å². The van der Waals surface area contributed by atoms with Crippen LogP contribution in [0.3, 0.4) is 0 Å². The van der Waals surface area contributed by atoms with Crippen molar-refractivity contribution in [2.24, 2.45) is 12.8 Å². The molecule has 1 aromatic carbocycles. The number of rotatable bonds is 4. The normalized spacial score (nSPS) is 12.2. The van der Waals surface area contributed by atoms with E-state index in [1.54, 1.807) is 10.9 Å². The highest BCUT2D eigenvalue weighted by atomic mass is 16.5. The zero-order valence-corrected chi connectivity index (χ0v) is 11.0. The van der Waals surface area contributed by atoms with Crippen molar-refractivity contribution in [2.45, 2.75) is 12.5 Å². The highest BCUT2D eigenvalue weighted by Crippen LogP contribution is 2.23. The zero-order chi connectivity index (χ0) is 13.8. The van der Waals surface area contributed by atoms with Gasteiger partial charge in [-0.1, -0.05) is 18.2 Å². The Bertz CT molecular complexity index is 578. The molecule has 0 aliphatic carbocycles. The van der Waals surface area contributed by atoms with E-state index in [2.05, 4.69) is 9.84 Å². The van der Waals surface area contributed by atoms with E-state index in [-0.39, 0.29) is 18.4 Å². The molecule has 19 heavy (non-hydrogen) atoms. The maximum atomic E-state index is 11.2. The minimum Gasteiger partial charge on any atom is -0.469 e. The Hall–Kier alpha value is -2.14. The number of carbonyl (C=O) groups excluding carboxylic acids is 1. The number of nitrogens with two attached hydrogens (primary N) is 1. The molecule has 0 fully saturated rings. The van der Waals surface area contributed by atoms with E-state index in [0.29, 0.717) is 0 Å². The number of aryl methyl sites for hydroxylation is 1. The van der Waals surface area contributed by atoms with Crippen molar-refractivity contribution in [1.29, 1.82) is 0 Å². The lowest BCUT2D eigenvalue weighted by Gasteiger charge is -2.12. The summed E-state index contributed by atoms with van der Waals surface area (Å²) in [5.41, 5.74) is 8.95. The van der Waals surface area contributed by atoms with Gasteiger partial charge in [0.2, 0.25) is 0 Å². The molecule has 0 radical (unpaired) electrons. The van der Waals surface area contributed by atoms with E-state index in [1.165, 1.54) is 7.11 Å². The smallest absolute Gasteiger partial charge is 0.307 e. The second-order valence-corrected chi connectivity index (χ2v) is 4.35. The lowest BCUT2D eigenvalue weighted by Crippen LogP contribution is -2.16. The maximum absolute atomic E-state index is 11.2. The second kappa shape index (κ2) is 5.67. The van der Waals surface area contributed by atoms with Gasteiger partial charge in [-0.15, -0.1) is 0 Å². The largest absolute Gasteiger partial charge is 0.469 e. The van der Waals surface area contributed by atoms with Crippen LogP contribution in [0.2, 0.25) is 0 Å². The molecular weight excluding hydrogens is 242 g/mol. The van der Waals surface area contributed by atoms with Gasteiger partial charge in [-0.3, -0.25) is 9.48 Å². The molecule has 0 aliphatic rings. The molecule has 1 atom stereocenters. The number of methoxy groups -OCH3 is 1. The molecule has 1 aromatic heterocycles. The van der Waals surface area contributed by atoms with Crippen LogP contribution in [-0.4, -0.2) is 22.9 Å². The van der Waals surface area contributed by atoms with Crippen molar-refractivity contribution in [2.75, 3.05) is 7.11 Å². The Morgan fingerprint density at radius 3 is 2.89 bits per heavy atom. The van der Waals surface area contributed by atoms with Gasteiger partial charge in [0.15, 0.2) is 0 Å². The van der Waals surface area contributed by atoms with Crippen LogP contribution in [-0.2, 0) is 16.6 Å². The number of aromatic nitrogens is 2. The lowest BCUT2D eigenvalue weighted by atomic mass is 10.0. The first-order chi connectivity index (χ1) is 9.11. The summed E-state index contributed by atoms with van der Waals surface area (Å²) in [6, 6.07) is 9.38. The molecule has 0 bridgehead atoms. The van der Waals surface area contributed by atoms with Crippen molar-refractivity contribution in [1.82, 2.24) is 9.78 Å². The number of hydrogen-bond acceptors (Lipinski definition) is 4. The van der Waals surface area contributed by atoms with Crippen LogP contribution in [0, 0.1) is 0 Å². The number of esters is 1. The minimum absolute atomic E-state index is 0.172. The standard InChI is InChI=1S/C14H17N3O2/c1-17-13(6-7-16-17)11-5-3-4-10(8-11)12(15)9-14(18)19-2/h3-8,12H,9,15H2,1-2H3/t12-/m0/s1. The van der Waals surface area contributed by atoms with Gasteiger partial charge in [-0.25, -0.2) is 0 Å². The lowest BCUT2D eigenvalue weighted by molar-refractivity contribution is -0.141. The predicted molar refractivity (Wildman–Crippen MR) is 72.2 cm³/mol. The van der Waals surface area contributed by atoms with Crippen LogP contribution >= 0.6 is 0 Å².